The van der Waals surface area contributed by atoms with Gasteiger partial charge in [-0.2, -0.15) is 5.26 Å². The van der Waals surface area contributed by atoms with Gasteiger partial charge in [0.1, 0.15) is 17.5 Å². The van der Waals surface area contributed by atoms with E-state index < -0.39 is 11.7 Å². The van der Waals surface area contributed by atoms with E-state index in [-0.39, 0.29) is 11.3 Å². The van der Waals surface area contributed by atoms with Crippen molar-refractivity contribution >= 4 is 17.7 Å². The fourth-order valence-corrected chi connectivity index (χ4v) is 2.04. The highest BCUT2D eigenvalue weighted by Gasteiger charge is 2.11. The summed E-state index contributed by atoms with van der Waals surface area (Å²) in [7, 11) is 0. The number of para-hydroxylation sites is 1. The molecule has 0 saturated carbocycles. The van der Waals surface area contributed by atoms with Crippen LogP contribution < -0.4 is 5.32 Å². The summed E-state index contributed by atoms with van der Waals surface area (Å²) < 4.78 is 13.5. The Morgan fingerprint density at radius 2 is 1.83 bits per heavy atom. The van der Waals surface area contributed by atoms with Gasteiger partial charge in [0.25, 0.3) is 5.91 Å². The zero-order valence-corrected chi connectivity index (χ0v) is 13.0. The second-order valence-corrected chi connectivity index (χ2v) is 5.43. The fraction of sp³-hybridized carbons (Fsp3) is 0.158. The van der Waals surface area contributed by atoms with Crippen LogP contribution >= 0.6 is 0 Å². The summed E-state index contributed by atoms with van der Waals surface area (Å²) in [6.07, 6.45) is 1.49. The van der Waals surface area contributed by atoms with Gasteiger partial charge < -0.3 is 5.32 Å². The summed E-state index contributed by atoms with van der Waals surface area (Å²) >= 11 is 0. The SMILES string of the molecule is CC(C)c1ccc(/C=C(\C#N)C(=O)Nc2ccccc2F)cc1. The number of nitriles is 1. The van der Waals surface area contributed by atoms with Crippen molar-refractivity contribution in [2.75, 3.05) is 5.32 Å². The van der Waals surface area contributed by atoms with Crippen LogP contribution in [0.4, 0.5) is 10.1 Å². The highest BCUT2D eigenvalue weighted by atomic mass is 19.1. The number of anilines is 1. The Morgan fingerprint density at radius 1 is 1.17 bits per heavy atom. The Bertz CT molecular complexity index is 771. The summed E-state index contributed by atoms with van der Waals surface area (Å²) in [5.74, 6) is -0.766. The van der Waals surface area contributed by atoms with Crippen molar-refractivity contribution in [2.24, 2.45) is 0 Å². The van der Waals surface area contributed by atoms with Crippen LogP contribution in [0.2, 0.25) is 0 Å². The average Bonchev–Trinajstić information content (AvgIpc) is 2.55. The van der Waals surface area contributed by atoms with E-state index in [1.165, 1.54) is 29.8 Å². The minimum absolute atomic E-state index is 0.0498. The highest BCUT2D eigenvalue weighted by Crippen LogP contribution is 2.17. The molecule has 0 aliphatic heterocycles. The number of carbonyl (C=O) groups excluding carboxylic acids is 1. The monoisotopic (exact) mass is 308 g/mol. The molecule has 0 atom stereocenters. The first-order valence-corrected chi connectivity index (χ1v) is 7.29. The Balaban J connectivity index is 2.20. The molecule has 0 saturated heterocycles. The number of benzene rings is 2. The zero-order valence-electron chi connectivity index (χ0n) is 13.0. The van der Waals surface area contributed by atoms with Gasteiger partial charge in [0.05, 0.1) is 5.69 Å². The van der Waals surface area contributed by atoms with Crippen LogP contribution in [0.25, 0.3) is 6.08 Å². The molecule has 0 bridgehead atoms. The van der Waals surface area contributed by atoms with E-state index in [2.05, 4.69) is 19.2 Å². The maximum absolute atomic E-state index is 13.5. The van der Waals surface area contributed by atoms with Crippen molar-refractivity contribution in [3.63, 3.8) is 0 Å². The summed E-state index contributed by atoms with van der Waals surface area (Å²) in [5.41, 5.74) is 1.89. The molecule has 1 amide bonds. The van der Waals surface area contributed by atoms with Gasteiger partial charge in [-0.3, -0.25) is 4.79 Å². The van der Waals surface area contributed by atoms with Crippen LogP contribution in [-0.2, 0) is 4.79 Å². The minimum atomic E-state index is -0.634. The van der Waals surface area contributed by atoms with Crippen molar-refractivity contribution in [2.45, 2.75) is 19.8 Å². The number of nitrogens with zero attached hydrogens (tertiary/aromatic N) is 1. The van der Waals surface area contributed by atoms with Crippen molar-refractivity contribution in [3.05, 3.63) is 71.0 Å². The molecule has 1 N–H and O–H groups in total. The van der Waals surface area contributed by atoms with Crippen molar-refractivity contribution < 1.29 is 9.18 Å². The number of rotatable bonds is 4. The van der Waals surface area contributed by atoms with Crippen molar-refractivity contribution in [3.8, 4) is 6.07 Å². The lowest BCUT2D eigenvalue weighted by Crippen LogP contribution is -2.14. The van der Waals surface area contributed by atoms with E-state index in [4.69, 9.17) is 0 Å². The van der Waals surface area contributed by atoms with Crippen LogP contribution in [0.1, 0.15) is 30.9 Å². The number of amides is 1. The smallest absolute Gasteiger partial charge is 0.266 e. The van der Waals surface area contributed by atoms with Crippen LogP contribution in [-0.4, -0.2) is 5.91 Å². The molecule has 23 heavy (non-hydrogen) atoms. The molecule has 0 aromatic heterocycles. The number of carbonyl (C=O) groups is 1. The molecule has 116 valence electrons. The lowest BCUT2D eigenvalue weighted by Gasteiger charge is -2.06. The largest absolute Gasteiger partial charge is 0.319 e. The molecule has 2 aromatic rings. The van der Waals surface area contributed by atoms with Gasteiger partial charge >= 0.3 is 0 Å². The minimum Gasteiger partial charge on any atom is -0.319 e. The first-order valence-electron chi connectivity index (χ1n) is 7.29. The van der Waals surface area contributed by atoms with Gasteiger partial charge in [-0.15, -0.1) is 0 Å². The van der Waals surface area contributed by atoms with E-state index in [0.717, 1.165) is 5.56 Å². The van der Waals surface area contributed by atoms with Crippen LogP contribution in [0.3, 0.4) is 0 Å². The zero-order chi connectivity index (χ0) is 16.8. The molecule has 0 radical (unpaired) electrons. The molecule has 0 unspecified atom stereocenters. The van der Waals surface area contributed by atoms with Crippen LogP contribution in [0.5, 0.6) is 0 Å². The van der Waals surface area contributed by atoms with E-state index in [0.29, 0.717) is 5.92 Å². The average molecular weight is 308 g/mol. The number of hydrogen-bond donors (Lipinski definition) is 1. The summed E-state index contributed by atoms with van der Waals surface area (Å²) in [6, 6.07) is 15.3. The maximum Gasteiger partial charge on any atom is 0.266 e. The lowest BCUT2D eigenvalue weighted by molar-refractivity contribution is -0.112. The van der Waals surface area contributed by atoms with E-state index in [9.17, 15) is 14.4 Å². The molecule has 2 aromatic carbocycles. The molecule has 4 heteroatoms. The lowest BCUT2D eigenvalue weighted by atomic mass is 10.0. The molecule has 0 spiro atoms. The van der Waals surface area contributed by atoms with Crippen LogP contribution in [0.15, 0.2) is 54.1 Å². The first-order chi connectivity index (χ1) is 11.0. The molecule has 0 heterocycles. The van der Waals surface area contributed by atoms with E-state index >= 15 is 0 Å². The van der Waals surface area contributed by atoms with Gasteiger partial charge in [-0.05, 0) is 35.3 Å². The second-order valence-electron chi connectivity index (χ2n) is 5.43. The van der Waals surface area contributed by atoms with Gasteiger partial charge in [0, 0.05) is 0 Å². The van der Waals surface area contributed by atoms with Gasteiger partial charge in [0.2, 0.25) is 0 Å². The maximum atomic E-state index is 13.5. The molecule has 0 aliphatic rings. The Morgan fingerprint density at radius 3 is 2.39 bits per heavy atom. The summed E-state index contributed by atoms with van der Waals surface area (Å²) in [4.78, 5) is 12.1. The molecule has 0 aliphatic carbocycles. The number of nitrogens with one attached hydrogen (secondary N) is 1. The fourth-order valence-electron chi connectivity index (χ4n) is 2.04. The molecule has 2 rings (SSSR count). The summed E-state index contributed by atoms with van der Waals surface area (Å²) in [6.45, 7) is 4.18. The van der Waals surface area contributed by atoms with Gasteiger partial charge in [-0.25, -0.2) is 4.39 Å². The predicted octanol–water partition coefficient (Wildman–Crippen LogP) is 4.49. The molecular weight excluding hydrogens is 291 g/mol. The van der Waals surface area contributed by atoms with Gasteiger partial charge in [0.15, 0.2) is 0 Å². The third-order valence-electron chi connectivity index (χ3n) is 3.40. The second kappa shape index (κ2) is 7.37. The third-order valence-corrected chi connectivity index (χ3v) is 3.40. The predicted molar refractivity (Wildman–Crippen MR) is 89.2 cm³/mol. The normalized spacial score (nSPS) is 11.2. The van der Waals surface area contributed by atoms with Gasteiger partial charge in [-0.1, -0.05) is 50.2 Å². The Labute approximate surface area is 135 Å². The summed E-state index contributed by atoms with van der Waals surface area (Å²) in [5, 5.41) is 11.6. The Kier molecular flexibility index (Phi) is 5.27. The first kappa shape index (κ1) is 16.4. The number of halogens is 1. The standard InChI is InChI=1S/C19H17FN2O/c1-13(2)15-9-7-14(8-10-15)11-16(12-21)19(23)22-18-6-4-3-5-17(18)20/h3-11,13H,1-2H3,(H,22,23)/b16-11+. The topological polar surface area (TPSA) is 52.9 Å². The van der Waals surface area contributed by atoms with Crippen LogP contribution in [0, 0.1) is 17.1 Å². The Hall–Kier alpha value is -2.93. The molecule has 3 nitrogen and oxygen atoms in total. The van der Waals surface area contributed by atoms with E-state index in [1.807, 2.05) is 30.3 Å². The molecular formula is C19H17FN2O. The molecule has 0 fully saturated rings. The number of hydrogen-bond acceptors (Lipinski definition) is 2. The quantitative estimate of drug-likeness (QED) is 0.668. The highest BCUT2D eigenvalue weighted by molar-refractivity contribution is 6.09. The van der Waals surface area contributed by atoms with E-state index in [1.54, 1.807) is 6.07 Å². The van der Waals surface area contributed by atoms with Crippen molar-refractivity contribution in [1.29, 1.82) is 5.26 Å². The third kappa shape index (κ3) is 4.27. The van der Waals surface area contributed by atoms with Crippen molar-refractivity contribution in [1.82, 2.24) is 0 Å².